The Morgan fingerprint density at radius 3 is 2.00 bits per heavy atom. The van der Waals surface area contributed by atoms with Crippen LogP contribution >= 0.6 is 0 Å². The Bertz CT molecular complexity index is 222. The Balaban J connectivity index is 3.46. The van der Waals surface area contributed by atoms with E-state index in [0.717, 1.165) is 12.8 Å². The molecule has 0 saturated heterocycles. The third-order valence-electron chi connectivity index (χ3n) is 3.85. The van der Waals surface area contributed by atoms with Gasteiger partial charge in [0.15, 0.2) is 0 Å². The van der Waals surface area contributed by atoms with Gasteiger partial charge in [-0.2, -0.15) is 0 Å². The molecule has 0 heterocycles. The summed E-state index contributed by atoms with van der Waals surface area (Å²) in [6.45, 7) is 6.23. The maximum Gasteiger partial charge on any atom is 0.314 e. The van der Waals surface area contributed by atoms with E-state index in [4.69, 9.17) is 4.74 Å². The highest BCUT2D eigenvalue weighted by Crippen LogP contribution is 2.22. The second kappa shape index (κ2) is 11.3. The topological polar surface area (TPSA) is 46.5 Å². The Hall–Kier alpha value is -0.570. The van der Waals surface area contributed by atoms with E-state index in [1.165, 1.54) is 38.5 Å². The number of hydrogen-bond donors (Lipinski definition) is 1. The molecule has 1 unspecified atom stereocenters. The number of aliphatic hydroxyl groups excluding tert-OH is 1. The van der Waals surface area contributed by atoms with Crippen molar-refractivity contribution in [2.24, 2.45) is 5.41 Å². The fourth-order valence-electron chi connectivity index (χ4n) is 1.90. The van der Waals surface area contributed by atoms with E-state index in [-0.39, 0.29) is 12.6 Å². The smallest absolute Gasteiger partial charge is 0.314 e. The van der Waals surface area contributed by atoms with Crippen molar-refractivity contribution in [2.45, 2.75) is 78.6 Å². The van der Waals surface area contributed by atoms with Gasteiger partial charge in [0.05, 0.1) is 18.6 Å². The monoisotopic (exact) mass is 272 g/mol. The fourth-order valence-corrected chi connectivity index (χ4v) is 1.90. The summed E-state index contributed by atoms with van der Waals surface area (Å²) in [4.78, 5) is 11.8. The van der Waals surface area contributed by atoms with Crippen molar-refractivity contribution in [1.29, 1.82) is 0 Å². The molecule has 3 nitrogen and oxygen atoms in total. The van der Waals surface area contributed by atoms with E-state index in [1.807, 2.05) is 6.92 Å². The summed E-state index contributed by atoms with van der Waals surface area (Å²) >= 11 is 0. The molecule has 0 aromatic heterocycles. The molecule has 0 rings (SSSR count). The summed E-state index contributed by atoms with van der Waals surface area (Å²) in [6.07, 6.45) is 10.5. The third kappa shape index (κ3) is 8.25. The van der Waals surface area contributed by atoms with Crippen molar-refractivity contribution in [3.63, 3.8) is 0 Å². The highest BCUT2D eigenvalue weighted by molar-refractivity contribution is 5.76. The number of aliphatic hydroxyl groups is 1. The zero-order valence-corrected chi connectivity index (χ0v) is 13.0. The van der Waals surface area contributed by atoms with Crippen LogP contribution in [-0.4, -0.2) is 24.3 Å². The zero-order valence-electron chi connectivity index (χ0n) is 13.0. The second-order valence-electron chi connectivity index (χ2n) is 5.68. The minimum atomic E-state index is -0.722. The first-order chi connectivity index (χ1) is 9.10. The van der Waals surface area contributed by atoms with E-state index in [1.54, 1.807) is 6.92 Å². The molecule has 0 saturated carbocycles. The number of hydrogen-bond acceptors (Lipinski definition) is 3. The van der Waals surface area contributed by atoms with Crippen LogP contribution in [0.25, 0.3) is 0 Å². The number of ether oxygens (including phenoxy) is 1. The van der Waals surface area contributed by atoms with Crippen molar-refractivity contribution in [3.8, 4) is 0 Å². The van der Waals surface area contributed by atoms with Crippen molar-refractivity contribution in [2.75, 3.05) is 13.2 Å². The third-order valence-corrected chi connectivity index (χ3v) is 3.85. The molecular formula is C16H32O3. The molecule has 1 N–H and O–H groups in total. The average Bonchev–Trinajstić information content (AvgIpc) is 2.44. The van der Waals surface area contributed by atoms with Crippen LogP contribution in [0, 0.1) is 5.41 Å². The molecule has 19 heavy (non-hydrogen) atoms. The Morgan fingerprint density at radius 2 is 1.53 bits per heavy atom. The first-order valence-electron chi connectivity index (χ1n) is 7.88. The van der Waals surface area contributed by atoms with Crippen LogP contribution in [0.15, 0.2) is 0 Å². The van der Waals surface area contributed by atoms with E-state index in [9.17, 15) is 9.90 Å². The lowest BCUT2D eigenvalue weighted by Gasteiger charge is -2.23. The zero-order chi connectivity index (χ0) is 14.6. The molecular weight excluding hydrogens is 240 g/mol. The van der Waals surface area contributed by atoms with E-state index >= 15 is 0 Å². The Morgan fingerprint density at radius 1 is 1.00 bits per heavy atom. The van der Waals surface area contributed by atoms with Crippen molar-refractivity contribution in [3.05, 3.63) is 0 Å². The Labute approximate surface area is 118 Å². The van der Waals surface area contributed by atoms with Crippen LogP contribution in [0.4, 0.5) is 0 Å². The fraction of sp³-hybridized carbons (Fsp3) is 0.938. The minimum Gasteiger partial charge on any atom is -0.465 e. The lowest BCUT2D eigenvalue weighted by Crippen LogP contribution is -2.33. The van der Waals surface area contributed by atoms with Crippen LogP contribution in [-0.2, 0) is 9.53 Å². The summed E-state index contributed by atoms with van der Waals surface area (Å²) in [7, 11) is 0. The number of esters is 1. The largest absolute Gasteiger partial charge is 0.465 e. The van der Waals surface area contributed by atoms with E-state index in [0.29, 0.717) is 13.0 Å². The molecule has 0 bridgehead atoms. The second-order valence-corrected chi connectivity index (χ2v) is 5.68. The van der Waals surface area contributed by atoms with Crippen molar-refractivity contribution < 1.29 is 14.6 Å². The SMILES string of the molecule is CCCCCCCCCCOC(=O)C(C)(CC)CO. The van der Waals surface area contributed by atoms with Crippen molar-refractivity contribution in [1.82, 2.24) is 0 Å². The molecule has 0 spiro atoms. The molecule has 3 heteroatoms. The average molecular weight is 272 g/mol. The summed E-state index contributed by atoms with van der Waals surface area (Å²) in [5, 5.41) is 9.20. The number of carbonyl (C=O) groups excluding carboxylic acids is 1. The van der Waals surface area contributed by atoms with E-state index in [2.05, 4.69) is 6.92 Å². The molecule has 0 aliphatic rings. The maximum atomic E-state index is 11.8. The molecule has 0 fully saturated rings. The molecule has 0 aromatic rings. The van der Waals surface area contributed by atoms with Gasteiger partial charge >= 0.3 is 5.97 Å². The van der Waals surface area contributed by atoms with Gasteiger partial charge in [-0.3, -0.25) is 4.79 Å². The van der Waals surface area contributed by atoms with Crippen LogP contribution in [0.5, 0.6) is 0 Å². The summed E-state index contributed by atoms with van der Waals surface area (Å²) < 4.78 is 5.24. The van der Waals surface area contributed by atoms with Crippen LogP contribution in [0.3, 0.4) is 0 Å². The number of carbonyl (C=O) groups is 1. The van der Waals surface area contributed by atoms with Gasteiger partial charge in [0.25, 0.3) is 0 Å². The molecule has 114 valence electrons. The highest BCUT2D eigenvalue weighted by atomic mass is 16.5. The van der Waals surface area contributed by atoms with Gasteiger partial charge in [0.1, 0.15) is 0 Å². The molecule has 0 radical (unpaired) electrons. The van der Waals surface area contributed by atoms with E-state index < -0.39 is 5.41 Å². The van der Waals surface area contributed by atoms with Gasteiger partial charge in [-0.25, -0.2) is 0 Å². The summed E-state index contributed by atoms with van der Waals surface area (Å²) in [6, 6.07) is 0. The molecule has 0 aromatic carbocycles. The maximum absolute atomic E-state index is 11.8. The van der Waals surface area contributed by atoms with Crippen molar-refractivity contribution >= 4 is 5.97 Å². The Kier molecular flexibility index (Phi) is 10.9. The normalized spacial score (nSPS) is 14.1. The molecule has 0 aliphatic carbocycles. The van der Waals surface area contributed by atoms with Crippen LogP contribution in [0.1, 0.15) is 78.6 Å². The van der Waals surface area contributed by atoms with Crippen LogP contribution in [0.2, 0.25) is 0 Å². The molecule has 0 amide bonds. The summed E-state index contributed by atoms with van der Waals surface area (Å²) in [5.74, 6) is -0.263. The standard InChI is InChI=1S/C16H32O3/c1-4-6-7-8-9-10-11-12-13-19-15(18)16(3,5-2)14-17/h17H,4-14H2,1-3H3. The first kappa shape index (κ1) is 18.4. The first-order valence-corrected chi connectivity index (χ1v) is 7.88. The summed E-state index contributed by atoms with van der Waals surface area (Å²) in [5.41, 5.74) is -0.722. The van der Waals surface area contributed by atoms with Gasteiger partial charge in [0.2, 0.25) is 0 Å². The lowest BCUT2D eigenvalue weighted by molar-refractivity contribution is -0.157. The van der Waals surface area contributed by atoms with Gasteiger partial charge in [-0.1, -0.05) is 58.8 Å². The quantitative estimate of drug-likeness (QED) is 0.430. The predicted molar refractivity (Wildman–Crippen MR) is 79.1 cm³/mol. The number of rotatable bonds is 12. The van der Waals surface area contributed by atoms with Gasteiger partial charge in [-0.15, -0.1) is 0 Å². The van der Waals surface area contributed by atoms with Crippen LogP contribution < -0.4 is 0 Å². The predicted octanol–water partition coefficient (Wildman–Crippen LogP) is 4.08. The molecule has 1 atom stereocenters. The number of unbranched alkanes of at least 4 members (excludes halogenated alkanes) is 7. The van der Waals surface area contributed by atoms with Gasteiger partial charge < -0.3 is 9.84 Å². The lowest BCUT2D eigenvalue weighted by atomic mass is 9.89. The minimum absolute atomic E-state index is 0.139. The van der Waals surface area contributed by atoms with Gasteiger partial charge in [-0.05, 0) is 19.8 Å². The highest BCUT2D eigenvalue weighted by Gasteiger charge is 2.31. The van der Waals surface area contributed by atoms with Gasteiger partial charge in [0, 0.05) is 0 Å². The molecule has 0 aliphatic heterocycles.